The molecule has 0 aliphatic carbocycles. The number of aromatic nitrogens is 1. The van der Waals surface area contributed by atoms with Gasteiger partial charge < -0.3 is 24.1 Å². The van der Waals surface area contributed by atoms with Crippen LogP contribution in [0.2, 0.25) is 0 Å². The Morgan fingerprint density at radius 1 is 1.26 bits per heavy atom. The van der Waals surface area contributed by atoms with Gasteiger partial charge in [0.1, 0.15) is 0 Å². The number of urea groups is 1. The van der Waals surface area contributed by atoms with Crippen LogP contribution in [0.25, 0.3) is 0 Å². The highest BCUT2D eigenvalue weighted by Gasteiger charge is 2.25. The molecule has 0 bridgehead atoms. The lowest BCUT2D eigenvalue weighted by Gasteiger charge is -2.34. The Morgan fingerprint density at radius 3 is 2.61 bits per heavy atom. The van der Waals surface area contributed by atoms with E-state index in [9.17, 15) is 9.59 Å². The number of carbonyl (C=O) groups is 2. The molecular formula is C15H18N4O4. The van der Waals surface area contributed by atoms with E-state index in [2.05, 4.69) is 10.5 Å². The van der Waals surface area contributed by atoms with E-state index in [0.29, 0.717) is 44.2 Å². The molecule has 3 rings (SSSR count). The summed E-state index contributed by atoms with van der Waals surface area (Å²) in [6.45, 7) is 4.04. The van der Waals surface area contributed by atoms with Crippen LogP contribution in [0.4, 0.5) is 4.79 Å². The summed E-state index contributed by atoms with van der Waals surface area (Å²) in [7, 11) is 0. The Kier molecular flexibility index (Phi) is 4.31. The fourth-order valence-electron chi connectivity index (χ4n) is 2.44. The van der Waals surface area contributed by atoms with Crippen LogP contribution in [0.3, 0.4) is 0 Å². The minimum absolute atomic E-state index is 0.146. The number of rotatable bonds is 3. The van der Waals surface area contributed by atoms with Crippen molar-refractivity contribution in [2.45, 2.75) is 13.5 Å². The summed E-state index contributed by atoms with van der Waals surface area (Å²) in [5.74, 6) is 0.790. The van der Waals surface area contributed by atoms with Crippen LogP contribution in [-0.2, 0) is 6.54 Å². The maximum Gasteiger partial charge on any atom is 0.317 e. The van der Waals surface area contributed by atoms with Crippen molar-refractivity contribution in [3.8, 4) is 0 Å². The number of furan rings is 1. The highest BCUT2D eigenvalue weighted by atomic mass is 16.5. The maximum absolute atomic E-state index is 12.1. The van der Waals surface area contributed by atoms with Crippen LogP contribution in [0.1, 0.15) is 22.0 Å². The van der Waals surface area contributed by atoms with Crippen LogP contribution in [0, 0.1) is 6.92 Å². The second-order valence-electron chi connectivity index (χ2n) is 5.35. The van der Waals surface area contributed by atoms with Crippen LogP contribution in [0.15, 0.2) is 33.4 Å². The van der Waals surface area contributed by atoms with Gasteiger partial charge in [-0.2, -0.15) is 0 Å². The third-order valence-corrected chi connectivity index (χ3v) is 3.68. The van der Waals surface area contributed by atoms with E-state index >= 15 is 0 Å². The van der Waals surface area contributed by atoms with Gasteiger partial charge >= 0.3 is 6.03 Å². The standard InChI is InChI=1S/C15H18N4O4/c1-11-9-12(23-17-11)10-16-15(21)19-6-4-18(5-7-19)14(20)13-3-2-8-22-13/h2-3,8-9H,4-7,10H2,1H3,(H,16,21). The van der Waals surface area contributed by atoms with Crippen molar-refractivity contribution in [1.82, 2.24) is 20.3 Å². The third-order valence-electron chi connectivity index (χ3n) is 3.68. The highest BCUT2D eigenvalue weighted by Crippen LogP contribution is 2.10. The first-order valence-electron chi connectivity index (χ1n) is 7.41. The van der Waals surface area contributed by atoms with E-state index in [0.717, 1.165) is 5.69 Å². The number of hydrogen-bond acceptors (Lipinski definition) is 5. The van der Waals surface area contributed by atoms with Crippen molar-refractivity contribution in [3.63, 3.8) is 0 Å². The Bertz CT molecular complexity index is 671. The molecule has 0 atom stereocenters. The van der Waals surface area contributed by atoms with Gasteiger partial charge in [-0.05, 0) is 19.1 Å². The first-order valence-corrected chi connectivity index (χ1v) is 7.41. The first-order chi connectivity index (χ1) is 11.1. The molecule has 2 aromatic rings. The molecule has 1 aliphatic heterocycles. The SMILES string of the molecule is Cc1cc(CNC(=O)N2CCN(C(=O)c3ccco3)CC2)on1. The second-order valence-corrected chi connectivity index (χ2v) is 5.35. The zero-order valence-corrected chi connectivity index (χ0v) is 12.8. The van der Waals surface area contributed by atoms with Gasteiger partial charge in [0.15, 0.2) is 11.5 Å². The normalized spacial score (nSPS) is 14.8. The molecule has 1 fully saturated rings. The van der Waals surface area contributed by atoms with E-state index < -0.39 is 0 Å². The lowest BCUT2D eigenvalue weighted by molar-refractivity contribution is 0.0634. The molecule has 0 aromatic carbocycles. The van der Waals surface area contributed by atoms with E-state index in [1.165, 1.54) is 6.26 Å². The van der Waals surface area contributed by atoms with Crippen molar-refractivity contribution >= 4 is 11.9 Å². The molecule has 23 heavy (non-hydrogen) atoms. The molecule has 3 heterocycles. The topological polar surface area (TPSA) is 91.8 Å². The van der Waals surface area contributed by atoms with Gasteiger partial charge in [0.05, 0.1) is 18.5 Å². The fourth-order valence-corrected chi connectivity index (χ4v) is 2.44. The maximum atomic E-state index is 12.1. The van der Waals surface area contributed by atoms with Crippen LogP contribution >= 0.6 is 0 Å². The molecule has 1 saturated heterocycles. The van der Waals surface area contributed by atoms with E-state index in [1.807, 2.05) is 6.92 Å². The zero-order chi connectivity index (χ0) is 16.2. The van der Waals surface area contributed by atoms with Gasteiger partial charge in [0, 0.05) is 32.2 Å². The third kappa shape index (κ3) is 3.53. The Labute approximate surface area is 133 Å². The first kappa shape index (κ1) is 15.1. The number of piperazine rings is 1. The predicted octanol–water partition coefficient (Wildman–Crippen LogP) is 1.24. The van der Waals surface area contributed by atoms with Gasteiger partial charge in [-0.3, -0.25) is 4.79 Å². The van der Waals surface area contributed by atoms with Crippen molar-refractivity contribution < 1.29 is 18.5 Å². The molecule has 0 unspecified atom stereocenters. The zero-order valence-electron chi connectivity index (χ0n) is 12.8. The molecule has 0 saturated carbocycles. The number of carbonyl (C=O) groups excluding carboxylic acids is 2. The van der Waals surface area contributed by atoms with Crippen LogP contribution in [0.5, 0.6) is 0 Å². The lowest BCUT2D eigenvalue weighted by atomic mass is 10.3. The second kappa shape index (κ2) is 6.55. The summed E-state index contributed by atoms with van der Waals surface area (Å²) in [4.78, 5) is 27.6. The van der Waals surface area contributed by atoms with Crippen molar-refractivity contribution in [2.75, 3.05) is 26.2 Å². The average Bonchev–Trinajstić information content (AvgIpc) is 3.24. The van der Waals surface area contributed by atoms with E-state index in [4.69, 9.17) is 8.94 Å². The Hall–Kier alpha value is -2.77. The molecule has 8 heteroatoms. The highest BCUT2D eigenvalue weighted by molar-refractivity contribution is 5.91. The number of hydrogen-bond donors (Lipinski definition) is 1. The van der Waals surface area contributed by atoms with Gasteiger partial charge in [-0.15, -0.1) is 0 Å². The van der Waals surface area contributed by atoms with Crippen LogP contribution < -0.4 is 5.32 Å². The number of aryl methyl sites for hydroxylation is 1. The fraction of sp³-hybridized carbons (Fsp3) is 0.400. The largest absolute Gasteiger partial charge is 0.459 e. The molecule has 1 aliphatic rings. The van der Waals surface area contributed by atoms with Crippen molar-refractivity contribution in [3.05, 3.63) is 41.7 Å². The lowest BCUT2D eigenvalue weighted by Crippen LogP contribution is -2.53. The van der Waals surface area contributed by atoms with Gasteiger partial charge in [0.25, 0.3) is 5.91 Å². The minimum Gasteiger partial charge on any atom is -0.459 e. The average molecular weight is 318 g/mol. The summed E-state index contributed by atoms with van der Waals surface area (Å²) in [6.07, 6.45) is 1.47. The molecule has 122 valence electrons. The number of amides is 3. The quantitative estimate of drug-likeness (QED) is 0.919. The summed E-state index contributed by atoms with van der Waals surface area (Å²) in [6, 6.07) is 4.92. The molecule has 2 aromatic heterocycles. The minimum atomic E-state index is -0.177. The summed E-state index contributed by atoms with van der Waals surface area (Å²) >= 11 is 0. The van der Waals surface area contributed by atoms with Crippen molar-refractivity contribution in [1.29, 1.82) is 0 Å². The van der Waals surface area contributed by atoms with Crippen molar-refractivity contribution in [2.24, 2.45) is 0 Å². The number of nitrogens with one attached hydrogen (secondary N) is 1. The monoisotopic (exact) mass is 318 g/mol. The smallest absolute Gasteiger partial charge is 0.317 e. The molecular weight excluding hydrogens is 300 g/mol. The molecule has 0 radical (unpaired) electrons. The summed E-state index contributed by atoms with van der Waals surface area (Å²) in [5, 5.41) is 6.55. The molecule has 0 spiro atoms. The van der Waals surface area contributed by atoms with Gasteiger partial charge in [0.2, 0.25) is 0 Å². The predicted molar refractivity (Wildman–Crippen MR) is 79.7 cm³/mol. The van der Waals surface area contributed by atoms with E-state index in [-0.39, 0.29) is 11.9 Å². The summed E-state index contributed by atoms with van der Waals surface area (Å²) < 4.78 is 10.2. The Balaban J connectivity index is 1.46. The van der Waals surface area contributed by atoms with Gasteiger partial charge in [-0.25, -0.2) is 4.79 Å². The molecule has 1 N–H and O–H groups in total. The molecule has 3 amide bonds. The summed E-state index contributed by atoms with van der Waals surface area (Å²) in [5.41, 5.74) is 0.777. The molecule has 8 nitrogen and oxygen atoms in total. The van der Waals surface area contributed by atoms with E-state index in [1.54, 1.807) is 28.0 Å². The van der Waals surface area contributed by atoms with Gasteiger partial charge in [-0.1, -0.05) is 5.16 Å². The number of nitrogens with zero attached hydrogens (tertiary/aromatic N) is 3. The Morgan fingerprint density at radius 2 is 2.00 bits per heavy atom. The van der Waals surface area contributed by atoms with Crippen LogP contribution in [-0.4, -0.2) is 53.1 Å².